The number of nitrogens with zero attached hydrogens (tertiary/aromatic N) is 6. The summed E-state index contributed by atoms with van der Waals surface area (Å²) in [5, 5.41) is 6.98. The lowest BCUT2D eigenvalue weighted by molar-refractivity contribution is -0.0610. The van der Waals surface area contributed by atoms with Gasteiger partial charge in [-0.25, -0.2) is 28.2 Å². The van der Waals surface area contributed by atoms with Crippen LogP contribution >= 0.6 is 0 Å². The molecule has 12 heteroatoms. The maximum atomic E-state index is 14.7. The van der Waals surface area contributed by atoms with E-state index in [1.807, 2.05) is 25.6 Å². The number of fused-ring (bicyclic) bond motifs is 1. The molecule has 0 unspecified atom stereocenters. The number of amides is 1. The van der Waals surface area contributed by atoms with Crippen molar-refractivity contribution < 1.29 is 23.0 Å². The molecule has 1 saturated heterocycles. The highest BCUT2D eigenvalue weighted by molar-refractivity contribution is 5.67. The second-order valence-electron chi connectivity index (χ2n) is 9.55. The lowest BCUT2D eigenvalue weighted by atomic mass is 9.92. The molecule has 198 valence electrons. The summed E-state index contributed by atoms with van der Waals surface area (Å²) in [5.74, 6) is 0.298. The Bertz CT molecular complexity index is 1280. The number of hydrogen-bond acceptors (Lipinski definition) is 7. The van der Waals surface area contributed by atoms with E-state index in [0.29, 0.717) is 38.5 Å². The first kappa shape index (κ1) is 25.3. The van der Waals surface area contributed by atoms with Crippen molar-refractivity contribution in [1.29, 1.82) is 0 Å². The number of unbranched alkanes of at least 4 members (excludes halogenated alkanes) is 1. The van der Waals surface area contributed by atoms with Crippen LogP contribution in [0.4, 0.5) is 13.6 Å². The van der Waals surface area contributed by atoms with E-state index in [1.54, 1.807) is 4.68 Å². The topological polar surface area (TPSA) is 99.3 Å². The Balaban J connectivity index is 1.33. The van der Waals surface area contributed by atoms with Crippen LogP contribution in [-0.2, 0) is 36.7 Å². The third kappa shape index (κ3) is 5.08. The summed E-state index contributed by atoms with van der Waals surface area (Å²) in [5.41, 5.74) is 2.10. The Morgan fingerprint density at radius 3 is 2.81 bits per heavy atom. The van der Waals surface area contributed by atoms with Crippen LogP contribution in [0.5, 0.6) is 0 Å². The van der Waals surface area contributed by atoms with E-state index in [-0.39, 0.29) is 11.6 Å². The minimum Gasteiger partial charge on any atom is -0.450 e. The monoisotopic (exact) mass is 515 g/mol. The number of benzene rings is 1. The molecule has 0 bridgehead atoms. The number of imidazole rings is 1. The van der Waals surface area contributed by atoms with Crippen molar-refractivity contribution >= 4 is 6.09 Å². The second kappa shape index (κ2) is 10.5. The normalized spacial score (nSPS) is 21.7. The minimum absolute atomic E-state index is 0.0682. The molecular weight excluding hydrogens is 484 g/mol. The fourth-order valence-electron chi connectivity index (χ4n) is 5.06. The molecule has 2 aliphatic rings. The lowest BCUT2D eigenvalue weighted by Gasteiger charge is -2.40. The zero-order valence-corrected chi connectivity index (χ0v) is 21.2. The molecular formula is C25H31F2N7O3. The van der Waals surface area contributed by atoms with Crippen molar-refractivity contribution in [3.8, 4) is 11.6 Å². The number of hydrogen-bond donors (Lipinski definition) is 1. The molecule has 10 nitrogen and oxygen atoms in total. The average molecular weight is 516 g/mol. The number of halogens is 2. The van der Waals surface area contributed by atoms with Gasteiger partial charge in [0.15, 0.2) is 11.6 Å². The summed E-state index contributed by atoms with van der Waals surface area (Å²) in [6.45, 7) is 3.83. The van der Waals surface area contributed by atoms with Crippen molar-refractivity contribution in [1.82, 2.24) is 34.5 Å². The van der Waals surface area contributed by atoms with Crippen LogP contribution in [0.15, 0.2) is 24.5 Å². The molecule has 1 N–H and O–H groups in total. The van der Waals surface area contributed by atoms with Gasteiger partial charge in [0.2, 0.25) is 0 Å². The highest BCUT2D eigenvalue weighted by atomic mass is 19.1. The van der Waals surface area contributed by atoms with Crippen LogP contribution in [-0.4, -0.2) is 60.6 Å². The zero-order chi connectivity index (χ0) is 26.1. The van der Waals surface area contributed by atoms with Crippen LogP contribution in [0.1, 0.15) is 49.2 Å². The van der Waals surface area contributed by atoms with E-state index in [9.17, 15) is 13.6 Å². The number of alkyl carbamates (subject to hydrolysis) is 1. The van der Waals surface area contributed by atoms with Crippen molar-refractivity contribution in [2.45, 2.75) is 57.5 Å². The Morgan fingerprint density at radius 1 is 1.24 bits per heavy atom. The van der Waals surface area contributed by atoms with Crippen LogP contribution in [0.2, 0.25) is 0 Å². The molecule has 3 atom stereocenters. The summed E-state index contributed by atoms with van der Waals surface area (Å²) in [7, 11) is 3.78. The van der Waals surface area contributed by atoms with Crippen molar-refractivity contribution in [3.05, 3.63) is 53.1 Å². The molecule has 0 saturated carbocycles. The highest BCUT2D eigenvalue weighted by Gasteiger charge is 2.40. The van der Waals surface area contributed by atoms with Crippen LogP contribution in [0, 0.1) is 11.6 Å². The number of carbonyl (C=O) groups excluding carboxylic acids is 1. The van der Waals surface area contributed by atoms with E-state index < -0.39 is 29.9 Å². The van der Waals surface area contributed by atoms with Gasteiger partial charge in [-0.3, -0.25) is 4.90 Å². The Kier molecular flexibility index (Phi) is 7.20. The lowest BCUT2D eigenvalue weighted by Crippen LogP contribution is -2.51. The molecule has 37 heavy (non-hydrogen) atoms. The third-order valence-electron chi connectivity index (χ3n) is 7.09. The summed E-state index contributed by atoms with van der Waals surface area (Å²) in [6, 6.07) is 2.60. The number of aromatic nitrogens is 5. The summed E-state index contributed by atoms with van der Waals surface area (Å²) in [6.07, 6.45) is 2.18. The largest absolute Gasteiger partial charge is 0.450 e. The summed E-state index contributed by atoms with van der Waals surface area (Å²) < 4.78 is 43.7. The van der Waals surface area contributed by atoms with E-state index in [0.717, 1.165) is 48.3 Å². The SMILES string of the molecule is CCCCOC(=O)N[C@H]1C[C@@H](N2Cc3nc(-c4ncnn4C)n(C)c3C2)CO[C@@H]1c1cc(F)ccc1F. The number of nitrogens with one attached hydrogen (secondary N) is 1. The molecule has 0 spiro atoms. The molecule has 4 heterocycles. The Hall–Kier alpha value is -3.38. The van der Waals surface area contributed by atoms with Gasteiger partial charge in [0.1, 0.15) is 24.1 Å². The van der Waals surface area contributed by atoms with Gasteiger partial charge < -0.3 is 19.4 Å². The van der Waals surface area contributed by atoms with Crippen LogP contribution < -0.4 is 5.32 Å². The maximum Gasteiger partial charge on any atom is 0.407 e. The fourth-order valence-corrected chi connectivity index (χ4v) is 5.06. The van der Waals surface area contributed by atoms with Gasteiger partial charge in [-0.05, 0) is 31.0 Å². The van der Waals surface area contributed by atoms with Gasteiger partial charge in [0, 0.05) is 38.8 Å². The van der Waals surface area contributed by atoms with E-state index in [4.69, 9.17) is 14.5 Å². The molecule has 0 radical (unpaired) electrons. The molecule has 0 aliphatic carbocycles. The molecule has 1 fully saturated rings. The van der Waals surface area contributed by atoms with Gasteiger partial charge in [-0.1, -0.05) is 13.3 Å². The zero-order valence-electron chi connectivity index (χ0n) is 21.2. The van der Waals surface area contributed by atoms with Crippen molar-refractivity contribution in [2.75, 3.05) is 13.2 Å². The van der Waals surface area contributed by atoms with E-state index in [2.05, 4.69) is 20.3 Å². The van der Waals surface area contributed by atoms with Gasteiger partial charge in [0.25, 0.3) is 0 Å². The molecule has 2 aromatic heterocycles. The first-order chi connectivity index (χ1) is 17.9. The quantitative estimate of drug-likeness (QED) is 0.483. The fraction of sp³-hybridized carbons (Fsp3) is 0.520. The summed E-state index contributed by atoms with van der Waals surface area (Å²) >= 11 is 0. The van der Waals surface area contributed by atoms with E-state index >= 15 is 0 Å². The highest BCUT2D eigenvalue weighted by Crippen LogP contribution is 2.36. The summed E-state index contributed by atoms with van der Waals surface area (Å²) in [4.78, 5) is 23.9. The first-order valence-electron chi connectivity index (χ1n) is 12.5. The molecule has 1 aromatic carbocycles. The standard InChI is InChI=1S/C25H31F2N7O3/c1-4-5-8-36-25(35)31-19-10-16(13-37-22(19)17-9-15(26)6-7-18(17)27)34-11-20-21(12-34)32(2)24(30-20)23-28-14-29-33(23)3/h6-7,9,14,16,19,22H,4-5,8,10-13H2,1-3H3,(H,31,35)/t16-,19+,22-/m1/s1. The molecule has 3 aromatic rings. The third-order valence-corrected chi connectivity index (χ3v) is 7.09. The molecule has 5 rings (SSSR count). The van der Waals surface area contributed by atoms with Gasteiger partial charge >= 0.3 is 6.09 Å². The maximum absolute atomic E-state index is 14.7. The van der Waals surface area contributed by atoms with Gasteiger partial charge in [0.05, 0.1) is 30.6 Å². The number of aryl methyl sites for hydroxylation is 1. The molecule has 2 aliphatic heterocycles. The number of ether oxygens (including phenoxy) is 2. The van der Waals surface area contributed by atoms with Gasteiger partial charge in [-0.2, -0.15) is 5.10 Å². The minimum atomic E-state index is -0.837. The average Bonchev–Trinajstić information content (AvgIpc) is 3.57. The second-order valence-corrected chi connectivity index (χ2v) is 9.55. The Labute approximate surface area is 213 Å². The Morgan fingerprint density at radius 2 is 2.08 bits per heavy atom. The first-order valence-corrected chi connectivity index (χ1v) is 12.5. The van der Waals surface area contributed by atoms with Crippen LogP contribution in [0.3, 0.4) is 0 Å². The predicted molar refractivity (Wildman–Crippen MR) is 129 cm³/mol. The van der Waals surface area contributed by atoms with Crippen molar-refractivity contribution in [2.24, 2.45) is 14.1 Å². The van der Waals surface area contributed by atoms with Crippen molar-refractivity contribution in [3.63, 3.8) is 0 Å². The van der Waals surface area contributed by atoms with Gasteiger partial charge in [-0.15, -0.1) is 0 Å². The number of carbonyl (C=O) groups is 1. The predicted octanol–water partition coefficient (Wildman–Crippen LogP) is 3.23. The molecule has 1 amide bonds. The van der Waals surface area contributed by atoms with E-state index in [1.165, 1.54) is 6.33 Å². The smallest absolute Gasteiger partial charge is 0.407 e. The number of rotatable bonds is 7. The van der Waals surface area contributed by atoms with Crippen LogP contribution in [0.25, 0.3) is 11.6 Å².